The lowest BCUT2D eigenvalue weighted by molar-refractivity contribution is 0.207. The average molecular weight is 820 g/mol. The Bertz CT molecular complexity index is 3300. The standard InChI is InChI=1S/C57H45N3O3/c61-55-43(28-40-13-10-34-4-1-7-37-16-19-46(55)52(40)49(34)37)31-58-22-24-59(32-44-29-41-14-11-35-5-2-8-38-17-20-47(56(44)62)53(41)50(35)38)26-27-60(25-23-58)33-45-30-42-15-12-36-6-3-9-39-18-21-48(57(45)63)54(42)51(36)39/h1-21,28-30,61-63H,22-27,31-33H2. The van der Waals surface area contributed by atoms with Gasteiger partial charge in [-0.3, -0.25) is 14.7 Å². The van der Waals surface area contributed by atoms with E-state index in [-0.39, 0.29) is 0 Å². The first-order valence-corrected chi connectivity index (χ1v) is 22.3. The molecule has 0 radical (unpaired) electrons. The van der Waals surface area contributed by atoms with Gasteiger partial charge in [-0.1, -0.05) is 109 Å². The van der Waals surface area contributed by atoms with E-state index in [0.29, 0.717) is 36.9 Å². The Morgan fingerprint density at radius 2 is 0.524 bits per heavy atom. The summed E-state index contributed by atoms with van der Waals surface area (Å²) >= 11 is 0. The van der Waals surface area contributed by atoms with Crippen molar-refractivity contribution in [2.45, 2.75) is 19.6 Å². The number of rotatable bonds is 6. The number of hydrogen-bond donors (Lipinski definition) is 3. The minimum absolute atomic E-state index is 0.354. The fraction of sp³-hybridized carbons (Fsp3) is 0.158. The Morgan fingerprint density at radius 3 is 0.794 bits per heavy atom. The van der Waals surface area contributed by atoms with Gasteiger partial charge in [0.25, 0.3) is 0 Å². The molecular formula is C57H45N3O3. The Labute approximate surface area is 364 Å². The SMILES string of the molecule is Oc1c(CN2CCN(Cc3cc4ccc5cccc6ccc(c3O)c4c56)CCN(Cc3cc4ccc5cccc6ccc(c3O)c4c56)CC2)cc2ccc3cccc4ccc1c2c34. The molecule has 0 bridgehead atoms. The van der Waals surface area contributed by atoms with Crippen LogP contribution in [0.4, 0.5) is 0 Å². The molecule has 0 atom stereocenters. The van der Waals surface area contributed by atoms with Gasteiger partial charge in [0.05, 0.1) is 0 Å². The van der Waals surface area contributed by atoms with Crippen molar-refractivity contribution in [2.75, 3.05) is 39.3 Å². The van der Waals surface area contributed by atoms with E-state index >= 15 is 0 Å². The summed E-state index contributed by atoms with van der Waals surface area (Å²) in [6, 6.07) is 51.6. The molecule has 12 aromatic carbocycles. The van der Waals surface area contributed by atoms with E-state index in [1.807, 2.05) is 0 Å². The fourth-order valence-corrected chi connectivity index (χ4v) is 11.3. The second-order valence-electron chi connectivity index (χ2n) is 18.0. The molecule has 0 saturated carbocycles. The molecule has 1 aliphatic rings. The molecular weight excluding hydrogens is 775 g/mol. The highest BCUT2D eigenvalue weighted by molar-refractivity contribution is 6.26. The molecule has 1 fully saturated rings. The maximum absolute atomic E-state index is 12.0. The summed E-state index contributed by atoms with van der Waals surface area (Å²) in [6.07, 6.45) is 0. The average Bonchev–Trinajstić information content (AvgIpc) is 3.40. The minimum atomic E-state index is 0.354. The molecule has 0 aromatic heterocycles. The van der Waals surface area contributed by atoms with Crippen molar-refractivity contribution in [3.05, 3.63) is 162 Å². The first-order valence-electron chi connectivity index (χ1n) is 22.3. The predicted octanol–water partition coefficient (Wildman–Crippen LogP) is 12.3. The third-order valence-electron chi connectivity index (χ3n) is 14.5. The number of phenols is 3. The van der Waals surface area contributed by atoms with E-state index in [2.05, 4.69) is 160 Å². The van der Waals surface area contributed by atoms with Crippen LogP contribution in [-0.2, 0) is 19.6 Å². The molecule has 0 unspecified atom stereocenters. The molecule has 1 heterocycles. The summed E-state index contributed by atoms with van der Waals surface area (Å²) in [6.45, 7) is 6.54. The van der Waals surface area contributed by atoms with E-state index in [0.717, 1.165) is 104 Å². The smallest absolute Gasteiger partial charge is 0.127 e. The number of hydrogen-bond acceptors (Lipinski definition) is 6. The van der Waals surface area contributed by atoms with E-state index in [4.69, 9.17) is 0 Å². The second kappa shape index (κ2) is 14.0. The lowest BCUT2D eigenvalue weighted by Gasteiger charge is -2.27. The normalized spacial score (nSPS) is 15.4. The summed E-state index contributed by atoms with van der Waals surface area (Å²) in [4.78, 5) is 7.41. The van der Waals surface area contributed by atoms with Crippen molar-refractivity contribution in [1.82, 2.24) is 14.7 Å². The maximum atomic E-state index is 12.0. The Hall–Kier alpha value is -6.96. The molecule has 306 valence electrons. The monoisotopic (exact) mass is 819 g/mol. The Morgan fingerprint density at radius 1 is 0.286 bits per heavy atom. The van der Waals surface area contributed by atoms with Gasteiger partial charge in [-0.05, 0) is 101 Å². The van der Waals surface area contributed by atoms with Crippen molar-refractivity contribution in [3.63, 3.8) is 0 Å². The largest absolute Gasteiger partial charge is 0.507 e. The lowest BCUT2D eigenvalue weighted by atomic mass is 9.92. The molecule has 1 saturated heterocycles. The van der Waals surface area contributed by atoms with E-state index in [9.17, 15) is 15.3 Å². The van der Waals surface area contributed by atoms with Gasteiger partial charge < -0.3 is 15.3 Å². The van der Waals surface area contributed by atoms with Gasteiger partial charge in [-0.25, -0.2) is 0 Å². The Balaban J connectivity index is 0.863. The molecule has 1 aliphatic heterocycles. The van der Waals surface area contributed by atoms with Crippen LogP contribution in [0.3, 0.4) is 0 Å². The van der Waals surface area contributed by atoms with Crippen LogP contribution in [0.2, 0.25) is 0 Å². The van der Waals surface area contributed by atoms with E-state index in [1.54, 1.807) is 0 Å². The van der Waals surface area contributed by atoms with Crippen LogP contribution in [0.15, 0.2) is 146 Å². The molecule has 6 heteroatoms. The predicted molar refractivity (Wildman–Crippen MR) is 261 cm³/mol. The third-order valence-corrected chi connectivity index (χ3v) is 14.5. The van der Waals surface area contributed by atoms with Gasteiger partial charge in [0.15, 0.2) is 0 Å². The first kappa shape index (κ1) is 36.7. The second-order valence-corrected chi connectivity index (χ2v) is 18.0. The van der Waals surface area contributed by atoms with Gasteiger partial charge in [-0.2, -0.15) is 0 Å². The highest BCUT2D eigenvalue weighted by atomic mass is 16.3. The third kappa shape index (κ3) is 5.75. The zero-order valence-corrected chi connectivity index (χ0v) is 34.9. The summed E-state index contributed by atoms with van der Waals surface area (Å²) in [5.74, 6) is 1.06. The summed E-state index contributed by atoms with van der Waals surface area (Å²) < 4.78 is 0. The fourth-order valence-electron chi connectivity index (χ4n) is 11.3. The minimum Gasteiger partial charge on any atom is -0.507 e. The van der Waals surface area contributed by atoms with E-state index in [1.165, 1.54) is 48.5 Å². The van der Waals surface area contributed by atoms with Crippen LogP contribution < -0.4 is 0 Å². The molecule has 0 aliphatic carbocycles. The van der Waals surface area contributed by atoms with Crippen LogP contribution >= 0.6 is 0 Å². The highest BCUT2D eigenvalue weighted by Gasteiger charge is 2.24. The number of nitrogens with zero attached hydrogens (tertiary/aromatic N) is 3. The quantitative estimate of drug-likeness (QED) is 0.145. The van der Waals surface area contributed by atoms with Gasteiger partial charge in [0.2, 0.25) is 0 Å². The van der Waals surface area contributed by atoms with Crippen molar-refractivity contribution < 1.29 is 15.3 Å². The zero-order chi connectivity index (χ0) is 41.9. The molecule has 12 aromatic rings. The van der Waals surface area contributed by atoms with Crippen LogP contribution in [0.25, 0.3) is 97.0 Å². The number of phenolic OH excluding ortho intramolecular Hbond substituents is 3. The molecule has 13 rings (SSSR count). The van der Waals surface area contributed by atoms with Crippen molar-refractivity contribution in [1.29, 1.82) is 0 Å². The Kier molecular flexibility index (Phi) is 8.17. The summed E-state index contributed by atoms with van der Waals surface area (Å²) in [7, 11) is 0. The molecule has 63 heavy (non-hydrogen) atoms. The molecule has 0 amide bonds. The van der Waals surface area contributed by atoms with Crippen LogP contribution in [-0.4, -0.2) is 69.3 Å². The first-order chi connectivity index (χ1) is 30.9. The van der Waals surface area contributed by atoms with Crippen molar-refractivity contribution >= 4 is 97.0 Å². The van der Waals surface area contributed by atoms with Gasteiger partial charge in [-0.15, -0.1) is 0 Å². The van der Waals surface area contributed by atoms with Crippen LogP contribution in [0.5, 0.6) is 17.2 Å². The van der Waals surface area contributed by atoms with Crippen LogP contribution in [0.1, 0.15) is 16.7 Å². The van der Waals surface area contributed by atoms with Gasteiger partial charge in [0.1, 0.15) is 17.2 Å². The summed E-state index contributed by atoms with van der Waals surface area (Å²) in [5, 5.41) is 56.2. The van der Waals surface area contributed by atoms with Crippen molar-refractivity contribution in [3.8, 4) is 17.2 Å². The number of aromatic hydroxyl groups is 3. The van der Waals surface area contributed by atoms with Gasteiger partial charge >= 0.3 is 0 Å². The lowest BCUT2D eigenvalue weighted by Crippen LogP contribution is -2.35. The summed E-state index contributed by atoms with van der Waals surface area (Å²) in [5.41, 5.74) is 2.77. The molecule has 6 nitrogen and oxygen atoms in total. The van der Waals surface area contributed by atoms with Gasteiger partial charge in [0, 0.05) is 108 Å². The maximum Gasteiger partial charge on any atom is 0.127 e. The van der Waals surface area contributed by atoms with Crippen molar-refractivity contribution in [2.24, 2.45) is 0 Å². The number of benzene rings is 12. The highest BCUT2D eigenvalue weighted by Crippen LogP contribution is 2.44. The zero-order valence-electron chi connectivity index (χ0n) is 34.9. The van der Waals surface area contributed by atoms with Crippen LogP contribution in [0, 0.1) is 0 Å². The molecule has 3 N–H and O–H groups in total. The molecule has 0 spiro atoms. The van der Waals surface area contributed by atoms with E-state index < -0.39 is 0 Å². The topological polar surface area (TPSA) is 70.4 Å².